The number of ether oxygens (including phenoxy) is 2. The monoisotopic (exact) mass is 309 g/mol. The molecule has 2 aliphatic rings. The van der Waals surface area contributed by atoms with E-state index in [1.54, 1.807) is 0 Å². The molecule has 3 nitrogen and oxygen atoms in total. The Balaban J connectivity index is 1.50. The minimum Gasteiger partial charge on any atom is -0.493 e. The molecule has 4 rings (SSSR count). The smallest absolute Gasteiger partial charge is 0.136 e. The molecule has 2 aromatic carbocycles. The second-order valence-electron chi connectivity index (χ2n) is 6.63. The van der Waals surface area contributed by atoms with E-state index in [1.807, 2.05) is 42.5 Å². The first-order valence-electron chi connectivity index (χ1n) is 8.60. The molecule has 120 valence electrons. The molecule has 1 saturated carbocycles. The van der Waals surface area contributed by atoms with E-state index < -0.39 is 0 Å². The summed E-state index contributed by atoms with van der Waals surface area (Å²) in [6, 6.07) is 13.8. The van der Waals surface area contributed by atoms with Gasteiger partial charge in [0.25, 0.3) is 0 Å². The number of hydrogen-bond acceptors (Lipinski definition) is 3. The summed E-state index contributed by atoms with van der Waals surface area (Å²) in [5, 5.41) is 0. The van der Waals surface area contributed by atoms with Gasteiger partial charge in [-0.25, -0.2) is 0 Å². The quantitative estimate of drug-likeness (QED) is 0.885. The van der Waals surface area contributed by atoms with Crippen LogP contribution in [0.4, 0.5) is 0 Å². The molecule has 2 aromatic rings. The Hall–Kier alpha value is -2.00. The molecule has 1 atom stereocenters. The van der Waals surface area contributed by atoms with Crippen LogP contribution in [-0.2, 0) is 0 Å². The van der Waals surface area contributed by atoms with Crippen LogP contribution in [0.2, 0.25) is 0 Å². The molecular formula is C20H23NO2. The Labute approximate surface area is 137 Å². The molecule has 3 heteroatoms. The van der Waals surface area contributed by atoms with Crippen LogP contribution in [0.3, 0.4) is 0 Å². The predicted octanol–water partition coefficient (Wildman–Crippen LogP) is 4.80. The Morgan fingerprint density at radius 3 is 2.61 bits per heavy atom. The van der Waals surface area contributed by atoms with Gasteiger partial charge in [-0.1, -0.05) is 37.5 Å². The number of nitrogens with two attached hydrogens (primary N) is 1. The van der Waals surface area contributed by atoms with E-state index in [4.69, 9.17) is 15.2 Å². The zero-order valence-corrected chi connectivity index (χ0v) is 13.3. The van der Waals surface area contributed by atoms with Crippen LogP contribution in [0.5, 0.6) is 17.2 Å². The lowest BCUT2D eigenvalue weighted by atomic mass is 9.90. The molecule has 2 N–H and O–H groups in total. The van der Waals surface area contributed by atoms with Crippen LogP contribution in [-0.4, -0.2) is 6.61 Å². The van der Waals surface area contributed by atoms with Gasteiger partial charge in [0.1, 0.15) is 17.2 Å². The van der Waals surface area contributed by atoms with Crippen LogP contribution in [0.15, 0.2) is 42.5 Å². The first kappa shape index (κ1) is 14.6. The molecule has 23 heavy (non-hydrogen) atoms. The molecule has 1 aliphatic heterocycles. The molecular weight excluding hydrogens is 286 g/mol. The summed E-state index contributed by atoms with van der Waals surface area (Å²) in [7, 11) is 0. The third-order valence-corrected chi connectivity index (χ3v) is 5.00. The molecule has 0 radical (unpaired) electrons. The summed E-state index contributed by atoms with van der Waals surface area (Å²) in [4.78, 5) is 0. The lowest BCUT2D eigenvalue weighted by molar-refractivity contribution is 0.208. The summed E-state index contributed by atoms with van der Waals surface area (Å²) in [5.41, 5.74) is 8.44. The Bertz CT molecular complexity index is 692. The fourth-order valence-corrected chi connectivity index (χ4v) is 3.63. The van der Waals surface area contributed by atoms with Gasteiger partial charge in [0.05, 0.1) is 12.6 Å². The topological polar surface area (TPSA) is 44.5 Å². The second-order valence-corrected chi connectivity index (χ2v) is 6.63. The van der Waals surface area contributed by atoms with Crippen molar-refractivity contribution in [1.29, 1.82) is 0 Å². The van der Waals surface area contributed by atoms with Crippen molar-refractivity contribution in [1.82, 2.24) is 0 Å². The second kappa shape index (κ2) is 6.25. The van der Waals surface area contributed by atoms with Gasteiger partial charge < -0.3 is 15.2 Å². The zero-order valence-electron chi connectivity index (χ0n) is 13.3. The fraction of sp³-hybridized carbons (Fsp3) is 0.400. The number of fused-ring (bicyclic) bond motifs is 2. The molecule has 1 unspecified atom stereocenters. The maximum absolute atomic E-state index is 6.38. The van der Waals surface area contributed by atoms with Gasteiger partial charge in [0, 0.05) is 17.2 Å². The number of hydrogen-bond donors (Lipinski definition) is 1. The molecule has 1 aliphatic carbocycles. The fourth-order valence-electron chi connectivity index (χ4n) is 3.63. The molecule has 0 bridgehead atoms. The van der Waals surface area contributed by atoms with E-state index in [9.17, 15) is 0 Å². The summed E-state index contributed by atoms with van der Waals surface area (Å²) in [6.45, 7) is 0.807. The SMILES string of the molecule is NC1c2ccccc2Oc2cc(OCC3CCCCC3)ccc21. The van der Waals surface area contributed by atoms with Crippen LogP contribution in [0, 0.1) is 5.92 Å². The van der Waals surface area contributed by atoms with Crippen LogP contribution >= 0.6 is 0 Å². The average molecular weight is 309 g/mol. The van der Waals surface area contributed by atoms with Crippen LogP contribution < -0.4 is 15.2 Å². The summed E-state index contributed by atoms with van der Waals surface area (Å²) >= 11 is 0. The summed E-state index contributed by atoms with van der Waals surface area (Å²) in [6.07, 6.45) is 6.64. The number of rotatable bonds is 3. The normalized spacial score (nSPS) is 20.3. The summed E-state index contributed by atoms with van der Waals surface area (Å²) < 4.78 is 12.0. The predicted molar refractivity (Wildman–Crippen MR) is 91.1 cm³/mol. The summed E-state index contributed by atoms with van der Waals surface area (Å²) in [5.74, 6) is 3.24. The molecule has 0 saturated heterocycles. The highest BCUT2D eigenvalue weighted by Crippen LogP contribution is 2.42. The lowest BCUT2D eigenvalue weighted by Crippen LogP contribution is -2.18. The van der Waals surface area contributed by atoms with E-state index >= 15 is 0 Å². The van der Waals surface area contributed by atoms with Gasteiger partial charge in [0.2, 0.25) is 0 Å². The third kappa shape index (κ3) is 2.93. The third-order valence-electron chi connectivity index (χ3n) is 5.00. The maximum Gasteiger partial charge on any atom is 0.136 e. The Morgan fingerprint density at radius 1 is 0.957 bits per heavy atom. The van der Waals surface area contributed by atoms with Crippen molar-refractivity contribution in [3.05, 3.63) is 53.6 Å². The maximum atomic E-state index is 6.38. The van der Waals surface area contributed by atoms with Crippen molar-refractivity contribution >= 4 is 0 Å². The standard InChI is InChI=1S/C20H23NO2/c21-20-16-8-4-5-9-18(16)23-19-12-15(10-11-17(19)20)22-13-14-6-2-1-3-7-14/h4-5,8-12,14,20H,1-3,6-7,13,21H2. The van der Waals surface area contributed by atoms with Gasteiger partial charge >= 0.3 is 0 Å². The molecule has 1 fully saturated rings. The van der Waals surface area contributed by atoms with E-state index in [1.165, 1.54) is 32.1 Å². The first-order chi connectivity index (χ1) is 11.3. The number of benzene rings is 2. The van der Waals surface area contributed by atoms with Crippen molar-refractivity contribution in [2.45, 2.75) is 38.1 Å². The molecule has 0 aromatic heterocycles. The first-order valence-corrected chi connectivity index (χ1v) is 8.60. The van der Waals surface area contributed by atoms with E-state index in [-0.39, 0.29) is 6.04 Å². The zero-order chi connectivity index (χ0) is 15.6. The molecule has 1 heterocycles. The van der Waals surface area contributed by atoms with Crippen molar-refractivity contribution in [2.75, 3.05) is 6.61 Å². The average Bonchev–Trinajstić information content (AvgIpc) is 2.61. The Kier molecular flexibility index (Phi) is 3.96. The largest absolute Gasteiger partial charge is 0.493 e. The van der Waals surface area contributed by atoms with Crippen molar-refractivity contribution in [3.63, 3.8) is 0 Å². The van der Waals surface area contributed by atoms with Gasteiger partial charge in [0.15, 0.2) is 0 Å². The molecule has 0 spiro atoms. The van der Waals surface area contributed by atoms with E-state index in [2.05, 4.69) is 0 Å². The minimum absolute atomic E-state index is 0.137. The van der Waals surface area contributed by atoms with Crippen LogP contribution in [0.25, 0.3) is 0 Å². The molecule has 0 amide bonds. The van der Waals surface area contributed by atoms with Crippen molar-refractivity contribution in [2.24, 2.45) is 11.7 Å². The number of para-hydroxylation sites is 1. The van der Waals surface area contributed by atoms with E-state index in [0.29, 0.717) is 5.92 Å². The van der Waals surface area contributed by atoms with Gasteiger partial charge in [-0.2, -0.15) is 0 Å². The van der Waals surface area contributed by atoms with E-state index in [0.717, 1.165) is 35.0 Å². The Morgan fingerprint density at radius 2 is 1.74 bits per heavy atom. The highest BCUT2D eigenvalue weighted by atomic mass is 16.5. The van der Waals surface area contributed by atoms with Crippen molar-refractivity contribution in [3.8, 4) is 17.2 Å². The van der Waals surface area contributed by atoms with Crippen molar-refractivity contribution < 1.29 is 9.47 Å². The highest BCUT2D eigenvalue weighted by molar-refractivity contribution is 5.54. The van der Waals surface area contributed by atoms with Crippen LogP contribution in [0.1, 0.15) is 49.3 Å². The highest BCUT2D eigenvalue weighted by Gasteiger charge is 2.24. The van der Waals surface area contributed by atoms with Gasteiger partial charge in [-0.3, -0.25) is 0 Å². The van der Waals surface area contributed by atoms with Gasteiger partial charge in [-0.05, 0) is 37.0 Å². The minimum atomic E-state index is -0.137. The lowest BCUT2D eigenvalue weighted by Gasteiger charge is -2.26. The van der Waals surface area contributed by atoms with Gasteiger partial charge in [-0.15, -0.1) is 0 Å².